The summed E-state index contributed by atoms with van der Waals surface area (Å²) in [5.41, 5.74) is 6.39. The normalized spacial score (nSPS) is 10.8. The summed E-state index contributed by atoms with van der Waals surface area (Å²) in [7, 11) is 0. The standard InChI is InChI=1S/C14H18N4OS/c1-10(2)7-18-13(16-9-17-18)8-19-12-5-3-4-11(6-12)14(15)20/h3-6,9-10H,7-8H2,1-2H3,(H2,15,20). The maximum Gasteiger partial charge on any atom is 0.164 e. The molecule has 0 atom stereocenters. The highest BCUT2D eigenvalue weighted by molar-refractivity contribution is 7.80. The number of benzene rings is 1. The van der Waals surface area contributed by atoms with E-state index in [0.29, 0.717) is 17.5 Å². The van der Waals surface area contributed by atoms with Crippen molar-refractivity contribution in [3.8, 4) is 5.75 Å². The second-order valence-electron chi connectivity index (χ2n) is 4.93. The average Bonchev–Trinajstić information content (AvgIpc) is 2.83. The van der Waals surface area contributed by atoms with Crippen LogP contribution in [0.4, 0.5) is 0 Å². The van der Waals surface area contributed by atoms with Gasteiger partial charge in [0.05, 0.1) is 0 Å². The quantitative estimate of drug-likeness (QED) is 0.826. The van der Waals surface area contributed by atoms with E-state index in [2.05, 4.69) is 23.9 Å². The molecule has 5 nitrogen and oxygen atoms in total. The van der Waals surface area contributed by atoms with Crippen LogP contribution in [0.1, 0.15) is 25.2 Å². The third-order valence-corrected chi connectivity index (χ3v) is 2.96. The van der Waals surface area contributed by atoms with E-state index in [1.165, 1.54) is 0 Å². The fraction of sp³-hybridized carbons (Fsp3) is 0.357. The number of hydrogen-bond donors (Lipinski definition) is 1. The zero-order chi connectivity index (χ0) is 14.5. The Hall–Kier alpha value is -1.95. The molecule has 0 saturated heterocycles. The van der Waals surface area contributed by atoms with Crippen molar-refractivity contribution in [2.24, 2.45) is 11.7 Å². The van der Waals surface area contributed by atoms with E-state index in [1.54, 1.807) is 6.33 Å². The van der Waals surface area contributed by atoms with Crippen molar-refractivity contribution in [3.05, 3.63) is 42.0 Å². The van der Waals surface area contributed by atoms with E-state index >= 15 is 0 Å². The summed E-state index contributed by atoms with van der Waals surface area (Å²) in [6.07, 6.45) is 1.55. The lowest BCUT2D eigenvalue weighted by Gasteiger charge is -2.10. The van der Waals surface area contributed by atoms with E-state index in [4.69, 9.17) is 22.7 Å². The number of aromatic nitrogens is 3. The molecule has 106 valence electrons. The summed E-state index contributed by atoms with van der Waals surface area (Å²) in [6, 6.07) is 7.41. The van der Waals surface area contributed by atoms with E-state index in [1.807, 2.05) is 28.9 Å². The highest BCUT2D eigenvalue weighted by Gasteiger charge is 2.07. The van der Waals surface area contributed by atoms with Gasteiger partial charge in [-0.15, -0.1) is 0 Å². The van der Waals surface area contributed by atoms with Crippen LogP contribution in [0.3, 0.4) is 0 Å². The van der Waals surface area contributed by atoms with E-state index in [9.17, 15) is 0 Å². The van der Waals surface area contributed by atoms with E-state index in [0.717, 1.165) is 23.7 Å². The molecule has 0 unspecified atom stereocenters. The van der Waals surface area contributed by atoms with Gasteiger partial charge in [-0.2, -0.15) is 5.10 Å². The van der Waals surface area contributed by atoms with E-state index in [-0.39, 0.29) is 0 Å². The summed E-state index contributed by atoms with van der Waals surface area (Å²) in [5.74, 6) is 2.03. The molecule has 6 heteroatoms. The van der Waals surface area contributed by atoms with E-state index < -0.39 is 0 Å². The lowest BCUT2D eigenvalue weighted by molar-refractivity contribution is 0.282. The summed E-state index contributed by atoms with van der Waals surface area (Å²) in [5, 5.41) is 4.20. The van der Waals surface area contributed by atoms with Gasteiger partial charge in [-0.25, -0.2) is 9.67 Å². The minimum absolute atomic E-state index is 0.360. The molecule has 20 heavy (non-hydrogen) atoms. The Balaban J connectivity index is 2.03. The number of hydrogen-bond acceptors (Lipinski definition) is 4. The fourth-order valence-electron chi connectivity index (χ4n) is 1.79. The summed E-state index contributed by atoms with van der Waals surface area (Å²) >= 11 is 4.95. The zero-order valence-corrected chi connectivity index (χ0v) is 12.4. The Bertz CT molecular complexity index is 594. The van der Waals surface area contributed by atoms with Gasteiger partial charge < -0.3 is 10.5 Å². The molecule has 0 fully saturated rings. The maximum atomic E-state index is 5.72. The molecule has 0 radical (unpaired) electrons. The molecule has 0 aliphatic heterocycles. The predicted octanol–water partition coefficient (Wildman–Crippen LogP) is 2.15. The van der Waals surface area contributed by atoms with Crippen LogP contribution in [-0.4, -0.2) is 19.8 Å². The van der Waals surface area contributed by atoms with Crippen LogP contribution < -0.4 is 10.5 Å². The molecule has 0 bridgehead atoms. The Kier molecular flexibility index (Phi) is 4.68. The first-order valence-corrected chi connectivity index (χ1v) is 6.86. The Labute approximate surface area is 123 Å². The van der Waals surface area contributed by atoms with Gasteiger partial charge in [-0.05, 0) is 18.1 Å². The van der Waals surface area contributed by atoms with Crippen LogP contribution >= 0.6 is 12.2 Å². The van der Waals surface area contributed by atoms with Crippen molar-refractivity contribution < 1.29 is 4.74 Å². The van der Waals surface area contributed by atoms with Gasteiger partial charge in [0.1, 0.15) is 23.7 Å². The molecular formula is C14H18N4OS. The summed E-state index contributed by atoms with van der Waals surface area (Å²) in [4.78, 5) is 4.58. The highest BCUT2D eigenvalue weighted by atomic mass is 32.1. The lowest BCUT2D eigenvalue weighted by Crippen LogP contribution is -2.13. The predicted molar refractivity (Wildman–Crippen MR) is 81.5 cm³/mol. The molecular weight excluding hydrogens is 272 g/mol. The third-order valence-electron chi connectivity index (χ3n) is 2.72. The largest absolute Gasteiger partial charge is 0.486 e. The van der Waals surface area contributed by atoms with Crippen molar-refractivity contribution in [1.82, 2.24) is 14.8 Å². The van der Waals surface area contributed by atoms with Crippen LogP contribution in [0.2, 0.25) is 0 Å². The maximum absolute atomic E-state index is 5.72. The van der Waals surface area contributed by atoms with Gasteiger partial charge in [-0.3, -0.25) is 0 Å². The number of thiocarbonyl (C=S) groups is 1. The molecule has 1 aromatic heterocycles. The number of nitrogens with two attached hydrogens (primary N) is 1. The summed E-state index contributed by atoms with van der Waals surface area (Å²) in [6.45, 7) is 5.47. The first-order valence-electron chi connectivity index (χ1n) is 6.45. The molecule has 2 aromatic rings. The molecule has 0 amide bonds. The van der Waals surface area contributed by atoms with Crippen molar-refractivity contribution >= 4 is 17.2 Å². The molecule has 0 aliphatic rings. The van der Waals surface area contributed by atoms with Gasteiger partial charge in [0, 0.05) is 12.1 Å². The zero-order valence-electron chi connectivity index (χ0n) is 11.6. The van der Waals surface area contributed by atoms with Gasteiger partial charge in [0.25, 0.3) is 0 Å². The minimum atomic E-state index is 0.360. The Morgan fingerprint density at radius 3 is 2.95 bits per heavy atom. The second kappa shape index (κ2) is 6.47. The first kappa shape index (κ1) is 14.5. The topological polar surface area (TPSA) is 66.0 Å². The van der Waals surface area contributed by atoms with Gasteiger partial charge in [0.15, 0.2) is 5.82 Å². The number of rotatable bonds is 6. The SMILES string of the molecule is CC(C)Cn1ncnc1COc1cccc(C(N)=S)c1. The molecule has 2 rings (SSSR count). The van der Waals surface area contributed by atoms with Crippen LogP contribution in [-0.2, 0) is 13.2 Å². The van der Waals surface area contributed by atoms with Crippen LogP contribution in [0.25, 0.3) is 0 Å². The number of ether oxygens (including phenoxy) is 1. The van der Waals surface area contributed by atoms with Crippen molar-refractivity contribution in [2.75, 3.05) is 0 Å². The monoisotopic (exact) mass is 290 g/mol. The van der Waals surface area contributed by atoms with Gasteiger partial charge in [-0.1, -0.05) is 38.2 Å². The second-order valence-corrected chi connectivity index (χ2v) is 5.37. The van der Waals surface area contributed by atoms with Crippen molar-refractivity contribution in [1.29, 1.82) is 0 Å². The minimum Gasteiger partial charge on any atom is -0.486 e. The van der Waals surface area contributed by atoms with Crippen LogP contribution in [0, 0.1) is 5.92 Å². The average molecular weight is 290 g/mol. The molecule has 1 aromatic carbocycles. The molecule has 2 N–H and O–H groups in total. The van der Waals surface area contributed by atoms with Crippen molar-refractivity contribution in [2.45, 2.75) is 27.0 Å². The molecule has 1 heterocycles. The fourth-order valence-corrected chi connectivity index (χ4v) is 1.91. The highest BCUT2D eigenvalue weighted by Crippen LogP contribution is 2.15. The van der Waals surface area contributed by atoms with Gasteiger partial charge in [0.2, 0.25) is 0 Å². The van der Waals surface area contributed by atoms with Crippen molar-refractivity contribution in [3.63, 3.8) is 0 Å². The smallest absolute Gasteiger partial charge is 0.164 e. The van der Waals surface area contributed by atoms with Gasteiger partial charge >= 0.3 is 0 Å². The Morgan fingerprint density at radius 2 is 2.25 bits per heavy atom. The third kappa shape index (κ3) is 3.77. The Morgan fingerprint density at radius 1 is 1.45 bits per heavy atom. The lowest BCUT2D eigenvalue weighted by atomic mass is 10.2. The molecule has 0 saturated carbocycles. The van der Waals surface area contributed by atoms with Crippen LogP contribution in [0.5, 0.6) is 5.75 Å². The molecule has 0 spiro atoms. The first-order chi connectivity index (χ1) is 9.56. The molecule has 0 aliphatic carbocycles. The number of nitrogens with zero attached hydrogens (tertiary/aromatic N) is 3. The summed E-state index contributed by atoms with van der Waals surface area (Å²) < 4.78 is 7.59. The van der Waals surface area contributed by atoms with Crippen LogP contribution in [0.15, 0.2) is 30.6 Å².